The summed E-state index contributed by atoms with van der Waals surface area (Å²) >= 11 is 0. The molecule has 2 heteroatoms. The Morgan fingerprint density at radius 1 is 0.386 bits per heavy atom. The van der Waals surface area contributed by atoms with E-state index >= 15 is 0 Å². The van der Waals surface area contributed by atoms with Gasteiger partial charge in [-0.15, -0.1) is 0 Å². The van der Waals surface area contributed by atoms with Gasteiger partial charge in [0.05, 0.1) is 22.1 Å². The summed E-state index contributed by atoms with van der Waals surface area (Å²) in [6.45, 7) is 9.13. The lowest BCUT2D eigenvalue weighted by molar-refractivity contribution is 0.660. The quantitative estimate of drug-likeness (QED) is 0.156. The molecule has 0 saturated carbocycles. The van der Waals surface area contributed by atoms with Gasteiger partial charge in [-0.3, -0.25) is 0 Å². The summed E-state index contributed by atoms with van der Waals surface area (Å²) in [5, 5.41) is 5.10. The molecule has 10 aromatic rings. The highest BCUT2D eigenvalue weighted by atomic mass is 15.0. The van der Waals surface area contributed by atoms with Crippen molar-refractivity contribution in [1.82, 2.24) is 9.13 Å². The molecule has 272 valence electrons. The Balaban J connectivity index is 0.933. The smallest absolute Gasteiger partial charge is 0.0541 e. The first kappa shape index (κ1) is 33.4. The first-order chi connectivity index (χ1) is 27.8. The molecule has 57 heavy (non-hydrogen) atoms. The van der Waals surface area contributed by atoms with E-state index in [-0.39, 0.29) is 5.41 Å². The van der Waals surface area contributed by atoms with Gasteiger partial charge < -0.3 is 9.13 Å². The molecule has 0 saturated heterocycles. The van der Waals surface area contributed by atoms with Crippen LogP contribution in [0.1, 0.15) is 47.2 Å². The first-order valence-electron chi connectivity index (χ1n) is 20.0. The molecule has 0 fully saturated rings. The monoisotopic (exact) mass is 730 g/mol. The number of rotatable bonds is 5. The van der Waals surface area contributed by atoms with E-state index in [2.05, 4.69) is 219 Å². The van der Waals surface area contributed by atoms with Gasteiger partial charge in [0.25, 0.3) is 0 Å². The molecule has 2 aromatic heterocycles. The number of aryl methyl sites for hydroxylation is 2. The Morgan fingerprint density at radius 2 is 0.877 bits per heavy atom. The van der Waals surface area contributed by atoms with Crippen molar-refractivity contribution in [1.29, 1.82) is 0 Å². The molecule has 2 heterocycles. The van der Waals surface area contributed by atoms with E-state index in [9.17, 15) is 0 Å². The zero-order valence-electron chi connectivity index (χ0n) is 32.7. The number of aromatic nitrogens is 2. The first-order valence-corrected chi connectivity index (χ1v) is 20.0. The van der Waals surface area contributed by atoms with Crippen molar-refractivity contribution in [2.45, 2.75) is 33.1 Å². The predicted octanol–water partition coefficient (Wildman–Crippen LogP) is 14.6. The van der Waals surface area contributed by atoms with Crippen LogP contribution in [0.4, 0.5) is 0 Å². The lowest BCUT2D eigenvalue weighted by Crippen LogP contribution is -2.15. The molecule has 0 bridgehead atoms. The molecule has 0 N–H and O–H groups in total. The normalized spacial score (nSPS) is 13.3. The lowest BCUT2D eigenvalue weighted by atomic mass is 9.81. The van der Waals surface area contributed by atoms with E-state index in [1.165, 1.54) is 111 Å². The summed E-state index contributed by atoms with van der Waals surface area (Å²) < 4.78 is 4.79. The molecule has 0 radical (unpaired) electrons. The number of nitrogens with zero attached hydrogens (tertiary/aromatic N) is 2. The third-order valence-electron chi connectivity index (χ3n) is 12.3. The molecular formula is C55H42N2. The van der Waals surface area contributed by atoms with E-state index < -0.39 is 0 Å². The molecule has 0 aliphatic heterocycles. The standard InChI is InChI=1S/C55H42N2/c1-35-28-36(2)30-42(29-35)57-52-17-11-9-15-46(52)48-33-39(23-27-54(48)57)40-22-25-44-43-24-20-38(32-49(43)55(3,4)50(44)34-40)19-18-37-21-26-53-47(31-37)45-14-8-10-16-51(45)56(53)41-12-6-5-7-13-41/h5-34H,1-4H3/b19-18+. The minimum absolute atomic E-state index is 0.133. The van der Waals surface area contributed by atoms with Crippen molar-refractivity contribution in [3.8, 4) is 33.6 Å². The van der Waals surface area contributed by atoms with Crippen LogP contribution in [-0.2, 0) is 5.41 Å². The van der Waals surface area contributed by atoms with Crippen LogP contribution in [0.15, 0.2) is 170 Å². The zero-order chi connectivity index (χ0) is 38.4. The maximum Gasteiger partial charge on any atom is 0.0541 e. The number of para-hydroxylation sites is 3. The van der Waals surface area contributed by atoms with Gasteiger partial charge in [-0.25, -0.2) is 0 Å². The van der Waals surface area contributed by atoms with Gasteiger partial charge >= 0.3 is 0 Å². The summed E-state index contributed by atoms with van der Waals surface area (Å²) in [7, 11) is 0. The van der Waals surface area contributed by atoms with Crippen molar-refractivity contribution in [2.75, 3.05) is 0 Å². The average Bonchev–Trinajstić information content (AvgIpc) is 3.82. The number of fused-ring (bicyclic) bond motifs is 9. The summed E-state index contributed by atoms with van der Waals surface area (Å²) in [6, 6.07) is 63.0. The van der Waals surface area contributed by atoms with Crippen LogP contribution >= 0.6 is 0 Å². The minimum atomic E-state index is -0.133. The Morgan fingerprint density at radius 3 is 1.58 bits per heavy atom. The molecule has 0 atom stereocenters. The maximum atomic E-state index is 2.44. The van der Waals surface area contributed by atoms with Gasteiger partial charge in [0.1, 0.15) is 0 Å². The van der Waals surface area contributed by atoms with Crippen molar-refractivity contribution in [3.63, 3.8) is 0 Å². The van der Waals surface area contributed by atoms with Gasteiger partial charge in [-0.2, -0.15) is 0 Å². The van der Waals surface area contributed by atoms with Gasteiger partial charge in [-0.05, 0) is 136 Å². The van der Waals surface area contributed by atoms with Crippen LogP contribution < -0.4 is 0 Å². The van der Waals surface area contributed by atoms with Gasteiger partial charge in [-0.1, -0.05) is 129 Å². The third-order valence-corrected chi connectivity index (χ3v) is 12.3. The van der Waals surface area contributed by atoms with Crippen molar-refractivity contribution >= 4 is 55.8 Å². The fourth-order valence-corrected chi connectivity index (χ4v) is 9.69. The van der Waals surface area contributed by atoms with Crippen LogP contribution in [0.2, 0.25) is 0 Å². The zero-order valence-corrected chi connectivity index (χ0v) is 32.7. The molecule has 0 amide bonds. The molecule has 0 unspecified atom stereocenters. The third kappa shape index (κ3) is 5.25. The van der Waals surface area contributed by atoms with Crippen LogP contribution in [0.3, 0.4) is 0 Å². The van der Waals surface area contributed by atoms with E-state index in [1.807, 2.05) is 0 Å². The summed E-state index contributed by atoms with van der Waals surface area (Å²) in [6.07, 6.45) is 4.53. The summed E-state index contributed by atoms with van der Waals surface area (Å²) in [4.78, 5) is 0. The minimum Gasteiger partial charge on any atom is -0.309 e. The maximum absolute atomic E-state index is 2.44. The van der Waals surface area contributed by atoms with Crippen molar-refractivity contribution < 1.29 is 0 Å². The summed E-state index contributed by atoms with van der Waals surface area (Å²) in [5.74, 6) is 0. The Bertz CT molecular complexity index is 3260. The highest BCUT2D eigenvalue weighted by Crippen LogP contribution is 2.50. The average molecular weight is 731 g/mol. The van der Waals surface area contributed by atoms with E-state index in [4.69, 9.17) is 0 Å². The number of hydrogen-bond donors (Lipinski definition) is 0. The molecule has 1 aliphatic rings. The van der Waals surface area contributed by atoms with E-state index in [1.54, 1.807) is 0 Å². The largest absolute Gasteiger partial charge is 0.309 e. The fourth-order valence-electron chi connectivity index (χ4n) is 9.69. The second-order valence-corrected chi connectivity index (χ2v) is 16.4. The predicted molar refractivity (Wildman–Crippen MR) is 243 cm³/mol. The topological polar surface area (TPSA) is 9.86 Å². The van der Waals surface area contributed by atoms with Gasteiger partial charge in [0.2, 0.25) is 0 Å². The number of hydrogen-bond acceptors (Lipinski definition) is 0. The Labute approximate surface area is 333 Å². The van der Waals surface area contributed by atoms with Crippen LogP contribution in [-0.4, -0.2) is 9.13 Å². The fraction of sp³-hybridized carbons (Fsp3) is 0.0909. The number of benzene rings is 8. The SMILES string of the molecule is Cc1cc(C)cc(-n2c3ccccc3c3cc(-c4ccc5c(c4)C(C)(C)c4cc(/C=C/c6ccc7c(c6)c6ccccc6n7-c6ccccc6)ccc4-5)ccc32)c1. The second-order valence-electron chi connectivity index (χ2n) is 16.4. The Kier molecular flexibility index (Phi) is 7.37. The highest BCUT2D eigenvalue weighted by Gasteiger charge is 2.35. The van der Waals surface area contributed by atoms with Crippen molar-refractivity contribution in [2.24, 2.45) is 0 Å². The van der Waals surface area contributed by atoms with Crippen LogP contribution in [0, 0.1) is 13.8 Å². The van der Waals surface area contributed by atoms with Gasteiger partial charge in [0.15, 0.2) is 0 Å². The van der Waals surface area contributed by atoms with Crippen LogP contribution in [0.25, 0.3) is 89.4 Å². The molecular weight excluding hydrogens is 689 g/mol. The van der Waals surface area contributed by atoms with Crippen molar-refractivity contribution in [3.05, 3.63) is 203 Å². The van der Waals surface area contributed by atoms with Crippen LogP contribution in [0.5, 0.6) is 0 Å². The molecule has 2 nitrogen and oxygen atoms in total. The van der Waals surface area contributed by atoms with E-state index in [0.29, 0.717) is 0 Å². The second kappa shape index (κ2) is 12.6. The molecule has 11 rings (SSSR count). The molecule has 0 spiro atoms. The van der Waals surface area contributed by atoms with E-state index in [0.717, 1.165) is 0 Å². The lowest BCUT2D eigenvalue weighted by Gasteiger charge is -2.22. The summed E-state index contributed by atoms with van der Waals surface area (Å²) in [5.41, 5.74) is 20.1. The van der Waals surface area contributed by atoms with Gasteiger partial charge in [0, 0.05) is 38.3 Å². The highest BCUT2D eigenvalue weighted by molar-refractivity contribution is 6.11. The Hall–Kier alpha value is -6.90. The molecule has 8 aromatic carbocycles. The molecule has 1 aliphatic carbocycles.